The molecule has 1 aromatic heterocycles. The van der Waals surface area contributed by atoms with Gasteiger partial charge >= 0.3 is 5.97 Å². The Morgan fingerprint density at radius 2 is 2.00 bits per heavy atom. The number of rotatable bonds is 3. The van der Waals surface area contributed by atoms with Crippen LogP contribution in [0.25, 0.3) is 10.9 Å². The molecule has 5 nitrogen and oxygen atoms in total. The molecular weight excluding hydrogens is 326 g/mol. The fourth-order valence-electron chi connectivity index (χ4n) is 4.86. The third-order valence-electron chi connectivity index (χ3n) is 6.46. The summed E-state index contributed by atoms with van der Waals surface area (Å²) in [5.41, 5.74) is 3.89. The highest BCUT2D eigenvalue weighted by atomic mass is 16.4. The minimum Gasteiger partial charge on any atom is -0.477 e. The molecule has 0 unspecified atom stereocenters. The smallest absolute Gasteiger partial charge is 0.352 e. The molecule has 3 heterocycles. The molecule has 2 aliphatic rings. The summed E-state index contributed by atoms with van der Waals surface area (Å²) in [6.45, 7) is 7.20. The monoisotopic (exact) mass is 355 g/mol. The molecule has 0 bridgehead atoms. The molecule has 0 saturated carbocycles. The molecule has 0 radical (unpaired) electrons. The Morgan fingerprint density at radius 3 is 2.77 bits per heavy atom. The van der Waals surface area contributed by atoms with Gasteiger partial charge in [-0.1, -0.05) is 11.6 Å². The van der Waals surface area contributed by atoms with E-state index in [2.05, 4.69) is 28.2 Å². The third-order valence-corrected chi connectivity index (χ3v) is 6.46. The molecule has 5 heteroatoms. The standard InChI is InChI=1S/C21H29N3O2/c1-15-3-4-18-16(13-15)17(19(23-18)20(25)26)14-24-11-2-5-21(8-12-24)6-9-22-10-7-21/h3-4,13,22-23H,2,5-12,14H2,1H3,(H,25,26). The highest BCUT2D eigenvalue weighted by molar-refractivity contribution is 5.97. The van der Waals surface area contributed by atoms with Gasteiger partial charge in [0.05, 0.1) is 0 Å². The highest BCUT2D eigenvalue weighted by Gasteiger charge is 2.34. The van der Waals surface area contributed by atoms with Gasteiger partial charge in [0.2, 0.25) is 0 Å². The predicted octanol–water partition coefficient (Wildman–Crippen LogP) is 3.53. The molecule has 4 rings (SSSR count). The predicted molar refractivity (Wildman–Crippen MR) is 104 cm³/mol. The minimum atomic E-state index is -0.862. The summed E-state index contributed by atoms with van der Waals surface area (Å²) >= 11 is 0. The highest BCUT2D eigenvalue weighted by Crippen LogP contribution is 2.40. The molecule has 2 aliphatic heterocycles. The molecule has 0 amide bonds. The lowest BCUT2D eigenvalue weighted by Gasteiger charge is -2.37. The Morgan fingerprint density at radius 1 is 1.19 bits per heavy atom. The Bertz CT molecular complexity index is 805. The number of carbonyl (C=O) groups is 1. The lowest BCUT2D eigenvalue weighted by atomic mass is 9.73. The first-order valence-corrected chi connectivity index (χ1v) is 9.84. The molecule has 0 aliphatic carbocycles. The summed E-state index contributed by atoms with van der Waals surface area (Å²) in [7, 11) is 0. The van der Waals surface area contributed by atoms with Gasteiger partial charge in [-0.3, -0.25) is 4.90 Å². The summed E-state index contributed by atoms with van der Waals surface area (Å²) < 4.78 is 0. The number of hydrogen-bond acceptors (Lipinski definition) is 3. The number of piperidine rings is 1. The molecule has 2 fully saturated rings. The number of aromatic carboxylic acids is 1. The average Bonchev–Trinajstić information content (AvgIpc) is 2.87. The van der Waals surface area contributed by atoms with Crippen LogP contribution in [0.3, 0.4) is 0 Å². The van der Waals surface area contributed by atoms with Crippen LogP contribution >= 0.6 is 0 Å². The van der Waals surface area contributed by atoms with Crippen molar-refractivity contribution in [3.8, 4) is 0 Å². The van der Waals surface area contributed by atoms with Gasteiger partial charge in [-0.05, 0) is 82.8 Å². The van der Waals surface area contributed by atoms with Crippen LogP contribution in [0.1, 0.15) is 53.7 Å². The number of H-pyrrole nitrogens is 1. The number of nitrogens with zero attached hydrogens (tertiary/aromatic N) is 1. The van der Waals surface area contributed by atoms with Crippen LogP contribution < -0.4 is 5.32 Å². The fourth-order valence-corrected chi connectivity index (χ4v) is 4.86. The molecule has 140 valence electrons. The second-order valence-corrected chi connectivity index (χ2v) is 8.21. The van der Waals surface area contributed by atoms with E-state index >= 15 is 0 Å². The normalized spacial score (nSPS) is 21.1. The van der Waals surface area contributed by atoms with Crippen LogP contribution in [0.15, 0.2) is 18.2 Å². The van der Waals surface area contributed by atoms with Crippen LogP contribution in [0.2, 0.25) is 0 Å². The van der Waals surface area contributed by atoms with E-state index in [1.807, 2.05) is 12.1 Å². The molecule has 1 aromatic carbocycles. The van der Waals surface area contributed by atoms with Gasteiger partial charge in [0, 0.05) is 23.0 Å². The van der Waals surface area contributed by atoms with Crippen LogP contribution in [0, 0.1) is 12.3 Å². The molecule has 2 saturated heterocycles. The fraction of sp³-hybridized carbons (Fsp3) is 0.571. The van der Waals surface area contributed by atoms with Crippen molar-refractivity contribution in [3.05, 3.63) is 35.0 Å². The van der Waals surface area contributed by atoms with Gasteiger partial charge in [-0.15, -0.1) is 0 Å². The van der Waals surface area contributed by atoms with Gasteiger partial charge in [0.15, 0.2) is 0 Å². The number of aryl methyl sites for hydroxylation is 1. The van der Waals surface area contributed by atoms with E-state index in [0.29, 0.717) is 11.1 Å². The largest absolute Gasteiger partial charge is 0.477 e. The van der Waals surface area contributed by atoms with Crippen molar-refractivity contribution in [1.82, 2.24) is 15.2 Å². The van der Waals surface area contributed by atoms with Crippen molar-refractivity contribution in [2.45, 2.75) is 45.6 Å². The van der Waals surface area contributed by atoms with E-state index in [1.54, 1.807) is 0 Å². The van der Waals surface area contributed by atoms with E-state index in [-0.39, 0.29) is 0 Å². The number of likely N-dealkylation sites (tertiary alicyclic amines) is 1. The van der Waals surface area contributed by atoms with Crippen LogP contribution in [0.4, 0.5) is 0 Å². The second kappa shape index (κ2) is 7.05. The first-order valence-electron chi connectivity index (χ1n) is 9.84. The first-order chi connectivity index (χ1) is 12.6. The minimum absolute atomic E-state index is 0.353. The van der Waals surface area contributed by atoms with Gasteiger partial charge in [0.1, 0.15) is 5.69 Å². The van der Waals surface area contributed by atoms with Gasteiger partial charge in [-0.25, -0.2) is 4.79 Å². The third kappa shape index (κ3) is 3.38. The second-order valence-electron chi connectivity index (χ2n) is 8.21. The Kier molecular flexibility index (Phi) is 4.76. The number of benzene rings is 1. The Labute approximate surface area is 154 Å². The zero-order valence-corrected chi connectivity index (χ0v) is 15.6. The first kappa shape index (κ1) is 17.6. The number of aromatic nitrogens is 1. The lowest BCUT2D eigenvalue weighted by molar-refractivity contribution is 0.0689. The number of carboxylic acid groups (broad SMARTS) is 1. The number of hydrogen-bond donors (Lipinski definition) is 3. The maximum Gasteiger partial charge on any atom is 0.352 e. The Hall–Kier alpha value is -1.85. The zero-order chi connectivity index (χ0) is 18.1. The summed E-state index contributed by atoms with van der Waals surface area (Å²) in [6.07, 6.45) is 6.33. The van der Waals surface area contributed by atoms with E-state index in [9.17, 15) is 9.90 Å². The van der Waals surface area contributed by atoms with E-state index < -0.39 is 5.97 Å². The van der Waals surface area contributed by atoms with E-state index in [4.69, 9.17) is 0 Å². The quantitative estimate of drug-likeness (QED) is 0.788. The number of fused-ring (bicyclic) bond motifs is 1. The van der Waals surface area contributed by atoms with Crippen LogP contribution in [-0.2, 0) is 6.54 Å². The summed E-state index contributed by atoms with van der Waals surface area (Å²) in [5, 5.41) is 14.2. The summed E-state index contributed by atoms with van der Waals surface area (Å²) in [6, 6.07) is 6.13. The number of nitrogens with one attached hydrogen (secondary N) is 2. The van der Waals surface area contributed by atoms with E-state index in [1.165, 1.54) is 37.7 Å². The van der Waals surface area contributed by atoms with Crippen molar-refractivity contribution in [3.63, 3.8) is 0 Å². The van der Waals surface area contributed by atoms with Gasteiger partial charge < -0.3 is 15.4 Å². The van der Waals surface area contributed by atoms with Gasteiger partial charge in [-0.2, -0.15) is 0 Å². The van der Waals surface area contributed by atoms with Crippen molar-refractivity contribution in [2.24, 2.45) is 5.41 Å². The average molecular weight is 355 g/mol. The molecule has 26 heavy (non-hydrogen) atoms. The number of carboxylic acids is 1. The lowest BCUT2D eigenvalue weighted by Crippen LogP contribution is -2.37. The summed E-state index contributed by atoms with van der Waals surface area (Å²) in [4.78, 5) is 17.4. The SMILES string of the molecule is Cc1ccc2[nH]c(C(=O)O)c(CN3CCCC4(CCNCC4)CC3)c2c1. The topological polar surface area (TPSA) is 68.4 Å². The molecule has 2 aromatic rings. The van der Waals surface area contributed by atoms with Crippen molar-refractivity contribution >= 4 is 16.9 Å². The van der Waals surface area contributed by atoms with Gasteiger partial charge in [0.25, 0.3) is 0 Å². The van der Waals surface area contributed by atoms with Crippen molar-refractivity contribution in [2.75, 3.05) is 26.2 Å². The van der Waals surface area contributed by atoms with Crippen LogP contribution in [-0.4, -0.2) is 47.1 Å². The maximum absolute atomic E-state index is 11.8. The van der Waals surface area contributed by atoms with Crippen LogP contribution in [0.5, 0.6) is 0 Å². The molecule has 1 spiro atoms. The van der Waals surface area contributed by atoms with Crippen molar-refractivity contribution < 1.29 is 9.90 Å². The Balaban J connectivity index is 1.57. The molecule has 0 atom stereocenters. The maximum atomic E-state index is 11.8. The zero-order valence-electron chi connectivity index (χ0n) is 15.6. The molecule has 3 N–H and O–H groups in total. The number of aromatic amines is 1. The molecular formula is C21H29N3O2. The van der Waals surface area contributed by atoms with E-state index in [0.717, 1.165) is 49.2 Å². The van der Waals surface area contributed by atoms with Crippen molar-refractivity contribution in [1.29, 1.82) is 0 Å². The summed E-state index contributed by atoms with van der Waals surface area (Å²) in [5.74, 6) is -0.862.